The summed E-state index contributed by atoms with van der Waals surface area (Å²) in [6, 6.07) is 11.9. The minimum atomic E-state index is 0.649. The first-order chi connectivity index (χ1) is 9.78. The molecule has 4 heteroatoms. The van der Waals surface area contributed by atoms with Crippen molar-refractivity contribution in [3.63, 3.8) is 0 Å². The summed E-state index contributed by atoms with van der Waals surface area (Å²) < 4.78 is 0. The van der Waals surface area contributed by atoms with Crippen LogP contribution in [0.25, 0.3) is 0 Å². The molecule has 1 aromatic heterocycles. The molecular formula is C16H13ClN2S. The van der Waals surface area contributed by atoms with Crippen LogP contribution >= 0.6 is 23.4 Å². The van der Waals surface area contributed by atoms with Gasteiger partial charge in [0.2, 0.25) is 0 Å². The van der Waals surface area contributed by atoms with Crippen LogP contribution < -0.4 is 0 Å². The smallest absolute Gasteiger partial charge is 0.119 e. The van der Waals surface area contributed by atoms with Gasteiger partial charge in [-0.25, -0.2) is 4.98 Å². The molecule has 1 aliphatic carbocycles. The molecule has 0 amide bonds. The molecule has 0 spiro atoms. The molecule has 100 valence electrons. The molecule has 0 fully saturated rings. The molecule has 0 unspecified atom stereocenters. The largest absolute Gasteiger partial charge is 0.244 e. The van der Waals surface area contributed by atoms with Gasteiger partial charge in [-0.2, -0.15) is 5.26 Å². The number of halogens is 1. The molecule has 1 aromatic carbocycles. The molecule has 0 saturated heterocycles. The lowest BCUT2D eigenvalue weighted by atomic mass is 9.95. The molecule has 3 rings (SSSR count). The van der Waals surface area contributed by atoms with Crippen molar-refractivity contribution in [2.45, 2.75) is 35.6 Å². The molecule has 1 aliphatic rings. The van der Waals surface area contributed by atoms with Gasteiger partial charge in [0.15, 0.2) is 0 Å². The second kappa shape index (κ2) is 5.87. The Morgan fingerprint density at radius 2 is 2.00 bits per heavy atom. The van der Waals surface area contributed by atoms with Crippen molar-refractivity contribution in [1.82, 2.24) is 4.98 Å². The van der Waals surface area contributed by atoms with Gasteiger partial charge in [0.05, 0.1) is 10.6 Å². The minimum absolute atomic E-state index is 0.649. The lowest BCUT2D eigenvalue weighted by molar-refractivity contribution is 0.660. The van der Waals surface area contributed by atoms with E-state index in [1.807, 2.05) is 30.3 Å². The predicted molar refractivity (Wildman–Crippen MR) is 81.2 cm³/mol. The highest BCUT2D eigenvalue weighted by Gasteiger charge is 2.16. The van der Waals surface area contributed by atoms with Crippen LogP contribution in [0, 0.1) is 11.3 Å². The van der Waals surface area contributed by atoms with Crippen molar-refractivity contribution < 1.29 is 0 Å². The van der Waals surface area contributed by atoms with E-state index in [9.17, 15) is 5.26 Å². The third kappa shape index (κ3) is 2.67. The third-order valence-electron chi connectivity index (χ3n) is 3.43. The normalized spacial score (nSPS) is 13.6. The highest BCUT2D eigenvalue weighted by Crippen LogP contribution is 2.35. The van der Waals surface area contributed by atoms with Crippen LogP contribution in [0.3, 0.4) is 0 Å². The van der Waals surface area contributed by atoms with Crippen LogP contribution in [0.5, 0.6) is 0 Å². The topological polar surface area (TPSA) is 36.7 Å². The summed E-state index contributed by atoms with van der Waals surface area (Å²) >= 11 is 7.65. The van der Waals surface area contributed by atoms with Crippen molar-refractivity contribution in [3.05, 3.63) is 52.2 Å². The van der Waals surface area contributed by atoms with Gasteiger partial charge in [0, 0.05) is 10.6 Å². The Hall–Kier alpha value is -1.50. The third-order valence-corrected chi connectivity index (χ3v) is 4.95. The number of pyridine rings is 1. The maximum absolute atomic E-state index is 9.33. The maximum atomic E-state index is 9.33. The summed E-state index contributed by atoms with van der Waals surface area (Å²) in [6.45, 7) is 0. The Kier molecular flexibility index (Phi) is 3.95. The molecule has 2 aromatic rings. The monoisotopic (exact) mass is 300 g/mol. The summed E-state index contributed by atoms with van der Waals surface area (Å²) in [7, 11) is 0. The zero-order valence-electron chi connectivity index (χ0n) is 10.9. The summed E-state index contributed by atoms with van der Waals surface area (Å²) in [6.07, 6.45) is 4.42. The van der Waals surface area contributed by atoms with Gasteiger partial charge in [-0.15, -0.1) is 0 Å². The van der Waals surface area contributed by atoms with Crippen molar-refractivity contribution in [2.24, 2.45) is 0 Å². The molecule has 0 atom stereocenters. The second-order valence-electron chi connectivity index (χ2n) is 4.80. The Labute approximate surface area is 127 Å². The highest BCUT2D eigenvalue weighted by atomic mass is 35.5. The molecule has 0 aliphatic heterocycles. The van der Waals surface area contributed by atoms with Crippen LogP contribution in [0.1, 0.15) is 29.7 Å². The van der Waals surface area contributed by atoms with Gasteiger partial charge in [-0.1, -0.05) is 35.5 Å². The Balaban J connectivity index is 2.01. The van der Waals surface area contributed by atoms with Crippen molar-refractivity contribution in [2.75, 3.05) is 0 Å². The number of rotatable bonds is 2. The lowest BCUT2D eigenvalue weighted by Crippen LogP contribution is -2.07. The Morgan fingerprint density at radius 3 is 2.80 bits per heavy atom. The van der Waals surface area contributed by atoms with Crippen LogP contribution in [0.4, 0.5) is 0 Å². The Morgan fingerprint density at radius 1 is 1.20 bits per heavy atom. The molecule has 20 heavy (non-hydrogen) atoms. The van der Waals surface area contributed by atoms with Crippen LogP contribution in [0.2, 0.25) is 5.02 Å². The quantitative estimate of drug-likeness (QED) is 0.811. The zero-order valence-corrected chi connectivity index (χ0v) is 12.5. The van der Waals surface area contributed by atoms with Gasteiger partial charge in [-0.05, 0) is 49.4 Å². The lowest BCUT2D eigenvalue weighted by Gasteiger charge is -2.16. The summed E-state index contributed by atoms with van der Waals surface area (Å²) in [5.41, 5.74) is 3.02. The minimum Gasteiger partial charge on any atom is -0.244 e. The number of fused-ring (bicyclic) bond motifs is 1. The number of benzene rings is 1. The van der Waals surface area contributed by atoms with E-state index in [0.717, 1.165) is 28.5 Å². The van der Waals surface area contributed by atoms with E-state index in [4.69, 9.17) is 16.6 Å². The average Bonchev–Trinajstić information content (AvgIpc) is 2.49. The van der Waals surface area contributed by atoms with Crippen molar-refractivity contribution in [1.29, 1.82) is 5.26 Å². The van der Waals surface area contributed by atoms with Crippen molar-refractivity contribution in [3.8, 4) is 6.07 Å². The molecular weight excluding hydrogens is 288 g/mol. The van der Waals surface area contributed by atoms with E-state index in [0.29, 0.717) is 10.6 Å². The second-order valence-corrected chi connectivity index (χ2v) is 6.24. The Bertz CT molecular complexity index is 691. The first-order valence-corrected chi connectivity index (χ1v) is 7.82. The van der Waals surface area contributed by atoms with Gasteiger partial charge in [0.25, 0.3) is 0 Å². The molecule has 0 radical (unpaired) electrons. The number of hydrogen-bond donors (Lipinski definition) is 0. The van der Waals surface area contributed by atoms with E-state index >= 15 is 0 Å². The van der Waals surface area contributed by atoms with E-state index in [-0.39, 0.29) is 0 Å². The number of nitrogens with zero attached hydrogens (tertiary/aromatic N) is 2. The summed E-state index contributed by atoms with van der Waals surface area (Å²) in [5, 5.41) is 10.8. The highest BCUT2D eigenvalue weighted by molar-refractivity contribution is 7.99. The van der Waals surface area contributed by atoms with Crippen LogP contribution in [0.15, 0.2) is 40.3 Å². The fourth-order valence-electron chi connectivity index (χ4n) is 2.40. The predicted octanol–water partition coefficient (Wildman–Crippen LogP) is 4.64. The number of nitriles is 1. The summed E-state index contributed by atoms with van der Waals surface area (Å²) in [5.74, 6) is 0. The van der Waals surface area contributed by atoms with Gasteiger partial charge >= 0.3 is 0 Å². The SMILES string of the molecule is N#Cc1cc2c(nc1Sc1ccccc1Cl)CCCC2. The molecule has 1 heterocycles. The van der Waals surface area contributed by atoms with E-state index in [1.54, 1.807) is 0 Å². The fraction of sp³-hybridized carbons (Fsp3) is 0.250. The molecule has 0 saturated carbocycles. The van der Waals surface area contributed by atoms with E-state index in [1.165, 1.54) is 30.2 Å². The van der Waals surface area contributed by atoms with Gasteiger partial charge < -0.3 is 0 Å². The van der Waals surface area contributed by atoms with Crippen molar-refractivity contribution >= 4 is 23.4 Å². The first-order valence-electron chi connectivity index (χ1n) is 6.63. The van der Waals surface area contributed by atoms with E-state index < -0.39 is 0 Å². The summed E-state index contributed by atoms with van der Waals surface area (Å²) in [4.78, 5) is 5.64. The van der Waals surface area contributed by atoms with Gasteiger partial charge in [-0.3, -0.25) is 0 Å². The molecule has 0 N–H and O–H groups in total. The number of aryl methyl sites for hydroxylation is 2. The fourth-order valence-corrected chi connectivity index (χ4v) is 3.55. The number of aromatic nitrogens is 1. The van der Waals surface area contributed by atoms with Crippen LogP contribution in [-0.4, -0.2) is 4.98 Å². The number of hydrogen-bond acceptors (Lipinski definition) is 3. The first kappa shape index (κ1) is 13.5. The standard InChI is InChI=1S/C16H13ClN2S/c17-13-6-2-4-8-15(13)20-16-12(10-18)9-11-5-1-3-7-14(11)19-16/h2,4,6,8-9H,1,3,5,7H2. The average molecular weight is 301 g/mol. The van der Waals surface area contributed by atoms with Crippen LogP contribution in [-0.2, 0) is 12.8 Å². The molecule has 0 bridgehead atoms. The van der Waals surface area contributed by atoms with E-state index in [2.05, 4.69) is 6.07 Å². The zero-order chi connectivity index (χ0) is 13.9. The van der Waals surface area contributed by atoms with Gasteiger partial charge in [0.1, 0.15) is 11.1 Å². The maximum Gasteiger partial charge on any atom is 0.119 e. The molecule has 2 nitrogen and oxygen atoms in total.